The van der Waals surface area contributed by atoms with E-state index in [4.69, 9.17) is 16.3 Å². The van der Waals surface area contributed by atoms with Crippen LogP contribution in [0.15, 0.2) is 52.9 Å². The molecule has 0 amide bonds. The Morgan fingerprint density at radius 3 is 2.59 bits per heavy atom. The van der Waals surface area contributed by atoms with Crippen molar-refractivity contribution in [1.82, 2.24) is 4.40 Å². The van der Waals surface area contributed by atoms with Crippen LogP contribution in [-0.2, 0) is 4.74 Å². The molecular formula is C22H18ClNO3S2. The Kier molecular flexibility index (Phi) is 5.67. The lowest BCUT2D eigenvalue weighted by molar-refractivity contribution is 0.0531. The van der Waals surface area contributed by atoms with Crippen LogP contribution >= 0.6 is 34.7 Å². The summed E-state index contributed by atoms with van der Waals surface area (Å²) in [5.41, 5.74) is 2.61. The zero-order valence-corrected chi connectivity index (χ0v) is 18.3. The van der Waals surface area contributed by atoms with Gasteiger partial charge < -0.3 is 9.14 Å². The van der Waals surface area contributed by atoms with E-state index >= 15 is 0 Å². The molecule has 4 nitrogen and oxygen atoms in total. The lowest BCUT2D eigenvalue weighted by Crippen LogP contribution is -2.06. The van der Waals surface area contributed by atoms with Gasteiger partial charge in [0.15, 0.2) is 0 Å². The number of ether oxygens (including phenoxy) is 1. The molecule has 0 aliphatic heterocycles. The van der Waals surface area contributed by atoms with Crippen LogP contribution in [0.2, 0.25) is 5.02 Å². The van der Waals surface area contributed by atoms with E-state index in [1.807, 2.05) is 28.8 Å². The molecule has 3 aromatic heterocycles. The Balaban J connectivity index is 2.05. The highest BCUT2D eigenvalue weighted by molar-refractivity contribution is 8.01. The normalized spacial score (nSPS) is 11.3. The minimum absolute atomic E-state index is 0.124. The standard InChI is InChI=1S/C22H18ClNO3S2/c1-3-27-21(26)16-15-7-5-6-12-24(15)18-17(16)20(29-22(18)28-4-2)19(25)13-8-10-14(23)11-9-13/h5-12H,3-4H2,1-2H3. The van der Waals surface area contributed by atoms with Crippen LogP contribution in [-0.4, -0.2) is 28.5 Å². The molecule has 0 spiro atoms. The number of benzene rings is 1. The first-order valence-electron chi connectivity index (χ1n) is 9.22. The van der Waals surface area contributed by atoms with Crippen LogP contribution in [0.25, 0.3) is 16.4 Å². The second-order valence-corrected chi connectivity index (χ2v) is 9.25. The van der Waals surface area contributed by atoms with E-state index in [1.54, 1.807) is 43.0 Å². The van der Waals surface area contributed by atoms with Crippen molar-refractivity contribution in [2.45, 2.75) is 18.1 Å². The summed E-state index contributed by atoms with van der Waals surface area (Å²) in [7, 11) is 0. The number of thiophene rings is 1. The molecule has 3 heterocycles. The Hall–Kier alpha value is -2.28. The fraction of sp³-hybridized carbons (Fsp3) is 0.182. The molecule has 0 saturated carbocycles. The van der Waals surface area contributed by atoms with Crippen molar-refractivity contribution in [3.8, 4) is 0 Å². The number of pyridine rings is 1. The third-order valence-corrected chi connectivity index (χ3v) is 7.10. The number of hydrogen-bond donors (Lipinski definition) is 0. The molecule has 4 rings (SSSR count). The van der Waals surface area contributed by atoms with Crippen molar-refractivity contribution in [2.75, 3.05) is 12.4 Å². The average molecular weight is 444 g/mol. The zero-order valence-electron chi connectivity index (χ0n) is 15.9. The maximum atomic E-state index is 13.4. The van der Waals surface area contributed by atoms with Gasteiger partial charge in [0.25, 0.3) is 0 Å². The van der Waals surface area contributed by atoms with Gasteiger partial charge in [0.1, 0.15) is 0 Å². The number of ketones is 1. The summed E-state index contributed by atoms with van der Waals surface area (Å²) in [6.07, 6.45) is 1.92. The molecule has 0 bridgehead atoms. The van der Waals surface area contributed by atoms with Crippen molar-refractivity contribution in [3.63, 3.8) is 0 Å². The molecule has 0 aliphatic carbocycles. The first-order chi connectivity index (χ1) is 14.1. The minimum Gasteiger partial charge on any atom is -0.462 e. The SMILES string of the molecule is CCOC(=O)c1c2c(C(=O)c3ccc(Cl)cc3)sc(SCC)c2n2ccccc12. The maximum absolute atomic E-state index is 13.4. The van der Waals surface area contributed by atoms with Gasteiger partial charge in [0.2, 0.25) is 5.78 Å². The predicted octanol–water partition coefficient (Wildman–Crippen LogP) is 6.33. The van der Waals surface area contributed by atoms with Crippen molar-refractivity contribution in [2.24, 2.45) is 0 Å². The highest BCUT2D eigenvalue weighted by Crippen LogP contribution is 2.43. The van der Waals surface area contributed by atoms with Gasteiger partial charge in [-0.3, -0.25) is 4.79 Å². The lowest BCUT2D eigenvalue weighted by atomic mass is 10.1. The van der Waals surface area contributed by atoms with E-state index in [2.05, 4.69) is 6.92 Å². The highest BCUT2D eigenvalue weighted by Gasteiger charge is 2.29. The van der Waals surface area contributed by atoms with Gasteiger partial charge >= 0.3 is 5.97 Å². The third-order valence-electron chi connectivity index (χ3n) is 4.53. The molecule has 1 aromatic carbocycles. The van der Waals surface area contributed by atoms with Crippen LogP contribution in [0.4, 0.5) is 0 Å². The summed E-state index contributed by atoms with van der Waals surface area (Å²) < 4.78 is 8.34. The van der Waals surface area contributed by atoms with Crippen LogP contribution in [0.5, 0.6) is 0 Å². The number of hydrogen-bond acceptors (Lipinski definition) is 5. The number of nitrogens with zero attached hydrogens (tertiary/aromatic N) is 1. The summed E-state index contributed by atoms with van der Waals surface area (Å²) >= 11 is 9.07. The molecule has 0 atom stereocenters. The number of fused-ring (bicyclic) bond motifs is 3. The number of halogens is 1. The molecule has 4 aromatic rings. The zero-order chi connectivity index (χ0) is 20.5. The number of aromatic nitrogens is 1. The van der Waals surface area contributed by atoms with Crippen LogP contribution in [0.3, 0.4) is 0 Å². The fourth-order valence-electron chi connectivity index (χ4n) is 3.35. The highest BCUT2D eigenvalue weighted by atomic mass is 35.5. The third kappa shape index (κ3) is 3.45. The smallest absolute Gasteiger partial charge is 0.341 e. The van der Waals surface area contributed by atoms with Gasteiger partial charge in [-0.15, -0.1) is 23.1 Å². The monoisotopic (exact) mass is 443 g/mol. The molecule has 0 N–H and O–H groups in total. The van der Waals surface area contributed by atoms with Gasteiger partial charge in [-0.1, -0.05) is 24.6 Å². The van der Waals surface area contributed by atoms with Gasteiger partial charge in [-0.2, -0.15) is 0 Å². The Bertz CT molecular complexity index is 1220. The number of carbonyl (C=O) groups is 2. The molecule has 7 heteroatoms. The summed E-state index contributed by atoms with van der Waals surface area (Å²) in [6, 6.07) is 12.5. The molecule has 0 fully saturated rings. The summed E-state index contributed by atoms with van der Waals surface area (Å²) in [5, 5.41) is 1.23. The first-order valence-corrected chi connectivity index (χ1v) is 11.4. The lowest BCUT2D eigenvalue weighted by Gasteiger charge is -2.04. The summed E-state index contributed by atoms with van der Waals surface area (Å²) in [6.45, 7) is 4.11. The van der Waals surface area contributed by atoms with E-state index in [9.17, 15) is 9.59 Å². The number of esters is 1. The summed E-state index contributed by atoms with van der Waals surface area (Å²) in [5.74, 6) is 0.321. The molecule has 148 valence electrons. The quantitative estimate of drug-likeness (QED) is 0.198. The number of carbonyl (C=O) groups excluding carboxylic acids is 2. The molecule has 0 saturated heterocycles. The average Bonchev–Trinajstić information content (AvgIpc) is 3.24. The first kappa shape index (κ1) is 20.0. The second-order valence-electron chi connectivity index (χ2n) is 6.26. The molecular weight excluding hydrogens is 426 g/mol. The summed E-state index contributed by atoms with van der Waals surface area (Å²) in [4.78, 5) is 26.8. The van der Waals surface area contributed by atoms with Gasteiger partial charge in [0.05, 0.1) is 32.3 Å². The van der Waals surface area contributed by atoms with Crippen molar-refractivity contribution in [3.05, 3.63) is 69.7 Å². The minimum atomic E-state index is -0.415. The Morgan fingerprint density at radius 2 is 1.90 bits per heavy atom. The topological polar surface area (TPSA) is 47.8 Å². The van der Waals surface area contributed by atoms with Crippen LogP contribution in [0.1, 0.15) is 39.4 Å². The second kappa shape index (κ2) is 8.22. The van der Waals surface area contributed by atoms with Gasteiger partial charge in [-0.25, -0.2) is 4.79 Å². The molecule has 0 aliphatic rings. The van der Waals surface area contributed by atoms with Crippen LogP contribution in [0, 0.1) is 0 Å². The van der Waals surface area contributed by atoms with E-state index in [-0.39, 0.29) is 12.4 Å². The van der Waals surface area contributed by atoms with Gasteiger partial charge in [-0.05, 0) is 49.1 Å². The molecule has 0 unspecified atom stereocenters. The largest absolute Gasteiger partial charge is 0.462 e. The van der Waals surface area contributed by atoms with E-state index in [1.165, 1.54) is 11.3 Å². The Labute approximate surface area is 181 Å². The van der Waals surface area contributed by atoms with E-state index in [0.717, 1.165) is 21.0 Å². The van der Waals surface area contributed by atoms with E-state index < -0.39 is 5.97 Å². The van der Waals surface area contributed by atoms with Gasteiger partial charge in [0, 0.05) is 22.2 Å². The van der Waals surface area contributed by atoms with E-state index in [0.29, 0.717) is 26.4 Å². The maximum Gasteiger partial charge on any atom is 0.341 e. The number of rotatable bonds is 6. The van der Waals surface area contributed by atoms with Crippen molar-refractivity contribution >= 4 is 62.9 Å². The molecule has 29 heavy (non-hydrogen) atoms. The Morgan fingerprint density at radius 1 is 1.14 bits per heavy atom. The van der Waals surface area contributed by atoms with Crippen molar-refractivity contribution < 1.29 is 14.3 Å². The predicted molar refractivity (Wildman–Crippen MR) is 120 cm³/mol. The fourth-order valence-corrected chi connectivity index (χ4v) is 5.91. The van der Waals surface area contributed by atoms with Crippen molar-refractivity contribution in [1.29, 1.82) is 0 Å². The number of thioether (sulfide) groups is 1. The molecule has 0 radical (unpaired) electrons. The van der Waals surface area contributed by atoms with Crippen LogP contribution < -0.4 is 0 Å².